The average Bonchev–Trinajstić information content (AvgIpc) is 2.84. The van der Waals surface area contributed by atoms with E-state index in [2.05, 4.69) is 4.98 Å². The van der Waals surface area contributed by atoms with Crippen LogP contribution in [0.25, 0.3) is 5.52 Å². The summed E-state index contributed by atoms with van der Waals surface area (Å²) in [6, 6.07) is 1.96. The molecule has 2 heterocycles. The zero-order valence-corrected chi connectivity index (χ0v) is 9.27. The summed E-state index contributed by atoms with van der Waals surface area (Å²) in [5.74, 6) is 1.56. The Balaban J connectivity index is 2.21. The number of rotatable bonds is 2. The monoisotopic (exact) mass is 220 g/mol. The molecule has 4 heteroatoms. The van der Waals surface area contributed by atoms with Crippen molar-refractivity contribution < 1.29 is 9.13 Å². The SMILES string of the molecule is COc1cc(C)cn2c([C@@H]3C[C@@H]3F)ncc12. The van der Waals surface area contributed by atoms with Gasteiger partial charge in [0.05, 0.1) is 19.2 Å². The van der Waals surface area contributed by atoms with E-state index in [1.165, 1.54) is 0 Å². The van der Waals surface area contributed by atoms with Crippen LogP contribution in [0.3, 0.4) is 0 Å². The predicted molar refractivity (Wildman–Crippen MR) is 58.7 cm³/mol. The van der Waals surface area contributed by atoms with E-state index in [0.717, 1.165) is 22.7 Å². The Morgan fingerprint density at radius 1 is 1.56 bits per heavy atom. The molecule has 1 aliphatic rings. The Morgan fingerprint density at radius 3 is 2.94 bits per heavy atom. The van der Waals surface area contributed by atoms with Crippen LogP contribution in [0.2, 0.25) is 0 Å². The average molecular weight is 220 g/mol. The molecule has 0 aromatic carbocycles. The van der Waals surface area contributed by atoms with Crippen LogP contribution in [0.5, 0.6) is 5.75 Å². The van der Waals surface area contributed by atoms with Crippen molar-refractivity contribution in [3.05, 3.63) is 29.8 Å². The number of methoxy groups -OCH3 is 1. The van der Waals surface area contributed by atoms with Gasteiger partial charge in [-0.3, -0.25) is 4.40 Å². The van der Waals surface area contributed by atoms with Crippen LogP contribution in [0.4, 0.5) is 4.39 Å². The lowest BCUT2D eigenvalue weighted by molar-refractivity contribution is 0.417. The van der Waals surface area contributed by atoms with E-state index in [1.807, 2.05) is 23.6 Å². The Bertz CT molecular complexity index is 549. The first-order valence-electron chi connectivity index (χ1n) is 5.36. The number of aryl methyl sites for hydroxylation is 1. The number of hydrogen-bond acceptors (Lipinski definition) is 2. The summed E-state index contributed by atoms with van der Waals surface area (Å²) in [4.78, 5) is 4.30. The van der Waals surface area contributed by atoms with Gasteiger partial charge in [-0.2, -0.15) is 0 Å². The maximum atomic E-state index is 13.1. The lowest BCUT2D eigenvalue weighted by Gasteiger charge is -2.06. The summed E-state index contributed by atoms with van der Waals surface area (Å²) in [5.41, 5.74) is 1.99. The van der Waals surface area contributed by atoms with Crippen molar-refractivity contribution in [1.29, 1.82) is 0 Å². The standard InChI is InChI=1S/C12H13FN2O/c1-7-3-11(16-2)10-5-14-12(15(10)6-7)8-4-9(8)13/h3,5-6,8-9H,4H2,1-2H3/t8-,9+/m1/s1. The van der Waals surface area contributed by atoms with E-state index in [1.54, 1.807) is 13.3 Å². The molecule has 0 unspecified atom stereocenters. The molecule has 16 heavy (non-hydrogen) atoms. The molecule has 3 nitrogen and oxygen atoms in total. The number of alkyl halides is 1. The van der Waals surface area contributed by atoms with Crippen molar-refractivity contribution in [1.82, 2.24) is 9.38 Å². The second kappa shape index (κ2) is 3.20. The van der Waals surface area contributed by atoms with E-state index in [4.69, 9.17) is 4.74 Å². The summed E-state index contributed by atoms with van der Waals surface area (Å²) in [6.45, 7) is 1.99. The van der Waals surface area contributed by atoms with Crippen molar-refractivity contribution in [2.45, 2.75) is 25.4 Å². The maximum absolute atomic E-state index is 13.1. The number of nitrogens with zero attached hydrogens (tertiary/aromatic N) is 2. The van der Waals surface area contributed by atoms with Gasteiger partial charge < -0.3 is 4.74 Å². The molecule has 2 atom stereocenters. The minimum atomic E-state index is -0.725. The van der Waals surface area contributed by atoms with Crippen molar-refractivity contribution >= 4 is 5.52 Å². The van der Waals surface area contributed by atoms with Crippen molar-refractivity contribution in [2.24, 2.45) is 0 Å². The van der Waals surface area contributed by atoms with Gasteiger partial charge in [0.25, 0.3) is 0 Å². The van der Waals surface area contributed by atoms with Crippen LogP contribution < -0.4 is 4.74 Å². The van der Waals surface area contributed by atoms with Crippen LogP contribution >= 0.6 is 0 Å². The zero-order valence-electron chi connectivity index (χ0n) is 9.27. The summed E-state index contributed by atoms with van der Waals surface area (Å²) in [6.07, 6.45) is 3.59. The van der Waals surface area contributed by atoms with Gasteiger partial charge in [-0.15, -0.1) is 0 Å². The minimum absolute atomic E-state index is 0.0333. The van der Waals surface area contributed by atoms with Crippen LogP contribution in [-0.2, 0) is 0 Å². The van der Waals surface area contributed by atoms with Crippen molar-refractivity contribution in [3.8, 4) is 5.75 Å². The molecule has 0 N–H and O–H groups in total. The smallest absolute Gasteiger partial charge is 0.144 e. The molecule has 0 spiro atoms. The molecular formula is C12H13FN2O. The molecule has 0 saturated heterocycles. The van der Waals surface area contributed by atoms with Gasteiger partial charge in [0.15, 0.2) is 0 Å². The highest BCUT2D eigenvalue weighted by atomic mass is 19.1. The second-order valence-electron chi connectivity index (χ2n) is 4.32. The summed E-state index contributed by atoms with van der Waals surface area (Å²) in [5, 5.41) is 0. The van der Waals surface area contributed by atoms with Gasteiger partial charge in [-0.05, 0) is 25.0 Å². The first-order valence-corrected chi connectivity index (χ1v) is 5.36. The van der Waals surface area contributed by atoms with Gasteiger partial charge in [0.1, 0.15) is 23.3 Å². The van der Waals surface area contributed by atoms with E-state index in [0.29, 0.717) is 6.42 Å². The molecule has 2 aromatic rings. The minimum Gasteiger partial charge on any atom is -0.494 e. The lowest BCUT2D eigenvalue weighted by atomic mass is 10.3. The van der Waals surface area contributed by atoms with E-state index < -0.39 is 6.17 Å². The van der Waals surface area contributed by atoms with Crippen LogP contribution in [0.1, 0.15) is 23.7 Å². The first kappa shape index (κ1) is 9.63. The fourth-order valence-electron chi connectivity index (χ4n) is 2.08. The maximum Gasteiger partial charge on any atom is 0.144 e. The normalized spacial score (nSPS) is 23.7. The number of hydrogen-bond donors (Lipinski definition) is 0. The lowest BCUT2D eigenvalue weighted by Crippen LogP contribution is -1.96. The molecule has 1 saturated carbocycles. The molecule has 1 aliphatic carbocycles. The predicted octanol–water partition coefficient (Wildman–Crippen LogP) is 2.48. The fourth-order valence-corrected chi connectivity index (χ4v) is 2.08. The number of pyridine rings is 1. The quantitative estimate of drug-likeness (QED) is 0.777. The molecule has 84 valence electrons. The van der Waals surface area contributed by atoms with Crippen molar-refractivity contribution in [3.63, 3.8) is 0 Å². The van der Waals surface area contributed by atoms with Gasteiger partial charge in [0.2, 0.25) is 0 Å². The number of ether oxygens (including phenoxy) is 1. The van der Waals surface area contributed by atoms with Crippen LogP contribution in [0.15, 0.2) is 18.5 Å². The zero-order chi connectivity index (χ0) is 11.3. The highest BCUT2D eigenvalue weighted by Crippen LogP contribution is 2.43. The molecule has 0 radical (unpaired) electrons. The molecule has 1 fully saturated rings. The Hall–Kier alpha value is -1.58. The van der Waals surface area contributed by atoms with Gasteiger partial charge in [-0.1, -0.05) is 0 Å². The molecule has 0 bridgehead atoms. The van der Waals surface area contributed by atoms with E-state index in [9.17, 15) is 4.39 Å². The summed E-state index contributed by atoms with van der Waals surface area (Å²) in [7, 11) is 1.64. The topological polar surface area (TPSA) is 26.5 Å². The van der Waals surface area contributed by atoms with E-state index in [-0.39, 0.29) is 5.92 Å². The fraction of sp³-hybridized carbons (Fsp3) is 0.417. The molecule has 0 aliphatic heterocycles. The number of fused-ring (bicyclic) bond motifs is 1. The highest BCUT2D eigenvalue weighted by Gasteiger charge is 2.41. The summed E-state index contributed by atoms with van der Waals surface area (Å²) >= 11 is 0. The number of imidazole rings is 1. The molecule has 2 aromatic heterocycles. The number of halogens is 1. The van der Waals surface area contributed by atoms with Crippen LogP contribution in [0, 0.1) is 6.92 Å². The molecule has 3 rings (SSSR count). The highest BCUT2D eigenvalue weighted by molar-refractivity contribution is 5.60. The Labute approximate surface area is 92.9 Å². The second-order valence-corrected chi connectivity index (χ2v) is 4.32. The first-order chi connectivity index (χ1) is 7.70. The van der Waals surface area contributed by atoms with Gasteiger partial charge >= 0.3 is 0 Å². The number of aromatic nitrogens is 2. The Morgan fingerprint density at radius 2 is 2.31 bits per heavy atom. The summed E-state index contributed by atoms with van der Waals surface area (Å²) < 4.78 is 20.3. The third kappa shape index (κ3) is 1.29. The third-order valence-electron chi connectivity index (χ3n) is 3.03. The van der Waals surface area contributed by atoms with Gasteiger partial charge in [-0.25, -0.2) is 9.37 Å². The van der Waals surface area contributed by atoms with Crippen molar-refractivity contribution in [2.75, 3.05) is 7.11 Å². The largest absolute Gasteiger partial charge is 0.494 e. The van der Waals surface area contributed by atoms with Gasteiger partial charge in [0, 0.05) is 6.20 Å². The van der Waals surface area contributed by atoms with Crippen LogP contribution in [-0.4, -0.2) is 22.7 Å². The molecule has 0 amide bonds. The Kier molecular flexibility index (Phi) is 1.93. The third-order valence-corrected chi connectivity index (χ3v) is 3.03. The molecular weight excluding hydrogens is 207 g/mol. The van der Waals surface area contributed by atoms with E-state index >= 15 is 0 Å².